The summed E-state index contributed by atoms with van der Waals surface area (Å²) in [7, 11) is -3.36. The molecule has 0 amide bonds. The molecular formula is C19H24N2O3S. The standard InChI is InChI=1S/C19H24N2O3S/c22-25(23,14-12-16-5-2-1-3-6-16)21-18-10-8-17(9-11-18)20-15-19-7-4-13-24-19/h1-3,5-6,8-11,19-21H,4,7,12-15H2. The second-order valence-corrected chi connectivity index (χ2v) is 8.09. The summed E-state index contributed by atoms with van der Waals surface area (Å²) in [5.74, 6) is 0.0655. The predicted molar refractivity (Wildman–Crippen MR) is 101 cm³/mol. The number of benzene rings is 2. The molecule has 1 aliphatic rings. The maximum Gasteiger partial charge on any atom is 0.233 e. The zero-order valence-electron chi connectivity index (χ0n) is 14.1. The van der Waals surface area contributed by atoms with Crippen molar-refractivity contribution >= 4 is 21.4 Å². The second-order valence-electron chi connectivity index (χ2n) is 6.25. The smallest absolute Gasteiger partial charge is 0.233 e. The highest BCUT2D eigenvalue weighted by Gasteiger charge is 2.15. The minimum Gasteiger partial charge on any atom is -0.382 e. The van der Waals surface area contributed by atoms with Crippen LogP contribution in [0.15, 0.2) is 54.6 Å². The minimum absolute atomic E-state index is 0.0655. The summed E-state index contributed by atoms with van der Waals surface area (Å²) in [5, 5.41) is 3.32. The number of hydrogen-bond donors (Lipinski definition) is 2. The molecule has 1 heterocycles. The highest BCUT2D eigenvalue weighted by atomic mass is 32.2. The van der Waals surface area contributed by atoms with Gasteiger partial charge >= 0.3 is 0 Å². The van der Waals surface area contributed by atoms with Gasteiger partial charge in [0.2, 0.25) is 10.0 Å². The third-order valence-electron chi connectivity index (χ3n) is 4.22. The summed E-state index contributed by atoms with van der Waals surface area (Å²) in [6.07, 6.45) is 2.98. The van der Waals surface area contributed by atoms with Crippen molar-refractivity contribution in [1.82, 2.24) is 0 Å². The Bertz CT molecular complexity index is 755. The zero-order valence-corrected chi connectivity index (χ0v) is 15.0. The molecular weight excluding hydrogens is 336 g/mol. The van der Waals surface area contributed by atoms with Crippen LogP contribution in [-0.2, 0) is 21.2 Å². The van der Waals surface area contributed by atoms with Gasteiger partial charge in [-0.2, -0.15) is 0 Å². The first-order chi connectivity index (χ1) is 12.1. The van der Waals surface area contributed by atoms with Crippen LogP contribution in [0.5, 0.6) is 0 Å². The Morgan fingerprint density at radius 2 is 1.72 bits per heavy atom. The fraction of sp³-hybridized carbons (Fsp3) is 0.368. The molecule has 2 aromatic carbocycles. The number of hydrogen-bond acceptors (Lipinski definition) is 4. The highest BCUT2D eigenvalue weighted by Crippen LogP contribution is 2.17. The molecule has 0 spiro atoms. The van der Waals surface area contributed by atoms with Gasteiger partial charge in [0.15, 0.2) is 0 Å². The van der Waals surface area contributed by atoms with E-state index in [2.05, 4.69) is 10.0 Å². The van der Waals surface area contributed by atoms with E-state index in [1.807, 2.05) is 42.5 Å². The van der Waals surface area contributed by atoms with Gasteiger partial charge in [-0.3, -0.25) is 4.72 Å². The second kappa shape index (κ2) is 8.36. The van der Waals surface area contributed by atoms with Gasteiger partial charge in [0.1, 0.15) is 0 Å². The molecule has 6 heteroatoms. The summed E-state index contributed by atoms with van der Waals surface area (Å²) in [6.45, 7) is 1.62. The van der Waals surface area contributed by atoms with Crippen molar-refractivity contribution in [1.29, 1.82) is 0 Å². The topological polar surface area (TPSA) is 67.4 Å². The predicted octanol–water partition coefficient (Wildman–Crippen LogP) is 3.26. The molecule has 25 heavy (non-hydrogen) atoms. The van der Waals surface area contributed by atoms with E-state index in [1.165, 1.54) is 0 Å². The van der Waals surface area contributed by atoms with E-state index in [4.69, 9.17) is 4.74 Å². The van der Waals surface area contributed by atoms with Crippen LogP contribution in [0.2, 0.25) is 0 Å². The highest BCUT2D eigenvalue weighted by molar-refractivity contribution is 7.92. The van der Waals surface area contributed by atoms with Gasteiger partial charge in [-0.05, 0) is 49.1 Å². The maximum absolute atomic E-state index is 12.2. The fourth-order valence-electron chi connectivity index (χ4n) is 2.82. The Labute approximate surface area is 149 Å². The van der Waals surface area contributed by atoms with Crippen molar-refractivity contribution in [2.45, 2.75) is 25.4 Å². The van der Waals surface area contributed by atoms with Crippen LogP contribution < -0.4 is 10.0 Å². The quantitative estimate of drug-likeness (QED) is 0.758. The summed E-state index contributed by atoms with van der Waals surface area (Å²) in [4.78, 5) is 0. The summed E-state index contributed by atoms with van der Waals surface area (Å²) >= 11 is 0. The maximum atomic E-state index is 12.2. The molecule has 0 bridgehead atoms. The van der Waals surface area contributed by atoms with Crippen LogP contribution in [0.4, 0.5) is 11.4 Å². The van der Waals surface area contributed by atoms with Crippen LogP contribution >= 0.6 is 0 Å². The average molecular weight is 360 g/mol. The molecule has 0 saturated carbocycles. The number of rotatable bonds is 8. The molecule has 5 nitrogen and oxygen atoms in total. The molecule has 1 saturated heterocycles. The van der Waals surface area contributed by atoms with Gasteiger partial charge in [0, 0.05) is 24.5 Å². The molecule has 1 atom stereocenters. The van der Waals surface area contributed by atoms with Crippen molar-refractivity contribution in [3.05, 3.63) is 60.2 Å². The Hall–Kier alpha value is -2.05. The molecule has 0 radical (unpaired) electrons. The van der Waals surface area contributed by atoms with Gasteiger partial charge < -0.3 is 10.1 Å². The molecule has 1 unspecified atom stereocenters. The van der Waals surface area contributed by atoms with Crippen LogP contribution in [0.1, 0.15) is 18.4 Å². The van der Waals surface area contributed by atoms with E-state index < -0.39 is 10.0 Å². The van der Waals surface area contributed by atoms with Gasteiger partial charge in [-0.1, -0.05) is 30.3 Å². The van der Waals surface area contributed by atoms with Crippen molar-refractivity contribution in [2.75, 3.05) is 28.9 Å². The lowest BCUT2D eigenvalue weighted by Crippen LogP contribution is -2.19. The SMILES string of the molecule is O=S(=O)(CCc1ccccc1)Nc1ccc(NCC2CCCO2)cc1. The molecule has 1 fully saturated rings. The van der Waals surface area contributed by atoms with Crippen LogP contribution in [-0.4, -0.2) is 33.4 Å². The van der Waals surface area contributed by atoms with Crippen LogP contribution in [0.25, 0.3) is 0 Å². The lowest BCUT2D eigenvalue weighted by Gasteiger charge is -2.13. The lowest BCUT2D eigenvalue weighted by molar-refractivity contribution is 0.120. The van der Waals surface area contributed by atoms with Gasteiger partial charge in [0.25, 0.3) is 0 Å². The molecule has 0 aromatic heterocycles. The molecule has 1 aliphatic heterocycles. The third kappa shape index (κ3) is 5.76. The van der Waals surface area contributed by atoms with Crippen molar-refractivity contribution in [3.63, 3.8) is 0 Å². The van der Waals surface area contributed by atoms with E-state index in [1.54, 1.807) is 12.1 Å². The molecule has 2 N–H and O–H groups in total. The van der Waals surface area contributed by atoms with E-state index in [0.717, 1.165) is 37.2 Å². The van der Waals surface area contributed by atoms with Gasteiger partial charge in [-0.25, -0.2) is 8.42 Å². The summed E-state index contributed by atoms with van der Waals surface area (Å²) in [5.41, 5.74) is 2.56. The Morgan fingerprint density at radius 1 is 1.00 bits per heavy atom. The largest absolute Gasteiger partial charge is 0.382 e. The monoisotopic (exact) mass is 360 g/mol. The van der Waals surface area contributed by atoms with E-state index in [9.17, 15) is 8.42 Å². The van der Waals surface area contributed by atoms with Crippen LogP contribution in [0.3, 0.4) is 0 Å². The number of anilines is 2. The van der Waals surface area contributed by atoms with E-state index in [-0.39, 0.29) is 11.9 Å². The van der Waals surface area contributed by atoms with Gasteiger partial charge in [0.05, 0.1) is 11.9 Å². The van der Waals surface area contributed by atoms with Crippen molar-refractivity contribution in [2.24, 2.45) is 0 Å². The Kier molecular flexibility index (Phi) is 5.94. The normalized spacial score (nSPS) is 17.4. The van der Waals surface area contributed by atoms with Crippen molar-refractivity contribution < 1.29 is 13.2 Å². The number of nitrogens with one attached hydrogen (secondary N) is 2. The first kappa shape index (κ1) is 17.8. The lowest BCUT2D eigenvalue weighted by atomic mass is 10.2. The zero-order chi connectivity index (χ0) is 17.5. The average Bonchev–Trinajstić information content (AvgIpc) is 3.14. The molecule has 0 aliphatic carbocycles. The number of aryl methyl sites for hydroxylation is 1. The van der Waals surface area contributed by atoms with E-state index >= 15 is 0 Å². The van der Waals surface area contributed by atoms with Crippen LogP contribution in [0, 0.1) is 0 Å². The fourth-order valence-corrected chi connectivity index (χ4v) is 3.92. The van der Waals surface area contributed by atoms with Crippen molar-refractivity contribution in [3.8, 4) is 0 Å². The summed E-state index contributed by atoms with van der Waals surface area (Å²) in [6, 6.07) is 16.9. The van der Waals surface area contributed by atoms with E-state index in [0.29, 0.717) is 12.1 Å². The summed E-state index contributed by atoms with van der Waals surface area (Å²) < 4.78 is 32.6. The Balaban J connectivity index is 1.49. The first-order valence-corrected chi connectivity index (χ1v) is 10.3. The molecule has 2 aromatic rings. The number of ether oxygens (including phenoxy) is 1. The Morgan fingerprint density at radius 3 is 2.40 bits per heavy atom. The number of sulfonamides is 1. The minimum atomic E-state index is -3.36. The molecule has 3 rings (SSSR count). The first-order valence-electron chi connectivity index (χ1n) is 8.61. The van der Waals surface area contributed by atoms with Gasteiger partial charge in [-0.15, -0.1) is 0 Å². The third-order valence-corrected chi connectivity index (χ3v) is 5.51. The molecule has 134 valence electrons.